The molecule has 22 heavy (non-hydrogen) atoms. The number of nitrogens with one attached hydrogen (secondary N) is 1. The summed E-state index contributed by atoms with van der Waals surface area (Å²) in [4.78, 5) is 11.1. The Balaban J connectivity index is 2.07. The molecule has 118 valence electrons. The van der Waals surface area contributed by atoms with Gasteiger partial charge in [-0.3, -0.25) is 10.0 Å². The quantitative estimate of drug-likeness (QED) is 0.600. The predicted molar refractivity (Wildman–Crippen MR) is 82.6 cm³/mol. The molecule has 0 spiro atoms. The fraction of sp³-hybridized carbons (Fsp3) is 0.353. The maximum atomic E-state index is 11.1. The van der Waals surface area contributed by atoms with Gasteiger partial charge >= 0.3 is 0 Å². The normalized spacial score (nSPS) is 18.0. The van der Waals surface area contributed by atoms with E-state index >= 15 is 0 Å². The van der Waals surface area contributed by atoms with Gasteiger partial charge in [0.2, 0.25) is 5.91 Å². The van der Waals surface area contributed by atoms with Gasteiger partial charge in [-0.15, -0.1) is 0 Å². The second-order valence-corrected chi connectivity index (χ2v) is 5.06. The summed E-state index contributed by atoms with van der Waals surface area (Å²) in [5.74, 6) is 0.560. The van der Waals surface area contributed by atoms with Crippen LogP contribution in [-0.2, 0) is 9.53 Å². The Hall–Kier alpha value is -2.11. The zero-order valence-electron chi connectivity index (χ0n) is 12.6. The first-order valence-corrected chi connectivity index (χ1v) is 7.26. The zero-order valence-corrected chi connectivity index (χ0v) is 12.6. The largest absolute Gasteiger partial charge is 0.497 e. The summed E-state index contributed by atoms with van der Waals surface area (Å²) in [6.07, 6.45) is 9.11. The van der Waals surface area contributed by atoms with E-state index < -0.39 is 5.91 Å². The van der Waals surface area contributed by atoms with Gasteiger partial charge < -0.3 is 9.47 Å². The lowest BCUT2D eigenvalue weighted by Gasteiger charge is -2.26. The van der Waals surface area contributed by atoms with E-state index in [0.29, 0.717) is 0 Å². The van der Waals surface area contributed by atoms with E-state index in [1.54, 1.807) is 12.6 Å². The van der Waals surface area contributed by atoms with Crippen molar-refractivity contribution in [2.75, 3.05) is 13.7 Å². The van der Waals surface area contributed by atoms with E-state index in [1.807, 2.05) is 36.4 Å². The number of hydrogen-bond acceptors (Lipinski definition) is 4. The van der Waals surface area contributed by atoms with Gasteiger partial charge in [0.05, 0.1) is 26.2 Å². The maximum absolute atomic E-state index is 11.1. The summed E-state index contributed by atoms with van der Waals surface area (Å²) < 4.78 is 11.1. The molecule has 0 aliphatic heterocycles. The molecule has 0 heterocycles. The third-order valence-electron chi connectivity index (χ3n) is 3.60. The number of hydroxylamine groups is 1. The molecular weight excluding hydrogens is 282 g/mol. The van der Waals surface area contributed by atoms with Crippen molar-refractivity contribution in [1.29, 1.82) is 0 Å². The highest BCUT2D eigenvalue weighted by Gasteiger charge is 2.22. The Morgan fingerprint density at radius 2 is 2.14 bits per heavy atom. The number of amides is 1. The van der Waals surface area contributed by atoms with Gasteiger partial charge in [-0.05, 0) is 24.1 Å². The highest BCUT2D eigenvalue weighted by atomic mass is 16.5. The first-order valence-electron chi connectivity index (χ1n) is 7.26. The van der Waals surface area contributed by atoms with E-state index in [0.717, 1.165) is 17.7 Å². The summed E-state index contributed by atoms with van der Waals surface area (Å²) in [7, 11) is 1.63. The summed E-state index contributed by atoms with van der Waals surface area (Å²) in [6, 6.07) is 7.74. The molecule has 0 fully saturated rings. The molecule has 0 bridgehead atoms. The number of carbonyl (C=O) groups excluding carboxylic acids is 1. The fourth-order valence-electron chi connectivity index (χ4n) is 2.42. The second kappa shape index (κ2) is 8.36. The molecule has 0 saturated carbocycles. The summed E-state index contributed by atoms with van der Waals surface area (Å²) in [5.41, 5.74) is 2.65. The Kier molecular flexibility index (Phi) is 6.18. The van der Waals surface area contributed by atoms with Crippen molar-refractivity contribution in [2.45, 2.75) is 18.9 Å². The lowest BCUT2D eigenvalue weighted by atomic mass is 9.90. The lowest BCUT2D eigenvalue weighted by Crippen LogP contribution is -2.22. The van der Waals surface area contributed by atoms with E-state index in [9.17, 15) is 4.79 Å². The van der Waals surface area contributed by atoms with Crippen molar-refractivity contribution in [3.05, 3.63) is 54.1 Å². The number of ether oxygens (including phenoxy) is 2. The topological polar surface area (TPSA) is 67.8 Å². The summed E-state index contributed by atoms with van der Waals surface area (Å²) >= 11 is 0. The van der Waals surface area contributed by atoms with E-state index in [4.69, 9.17) is 14.7 Å². The molecule has 1 aliphatic rings. The fourth-order valence-corrected chi connectivity index (χ4v) is 2.42. The molecule has 0 saturated heterocycles. The van der Waals surface area contributed by atoms with E-state index in [-0.39, 0.29) is 25.0 Å². The van der Waals surface area contributed by atoms with E-state index in [1.165, 1.54) is 0 Å². The number of rotatable bonds is 7. The van der Waals surface area contributed by atoms with Crippen molar-refractivity contribution < 1.29 is 19.5 Å². The van der Waals surface area contributed by atoms with Crippen LogP contribution in [0.1, 0.15) is 24.5 Å². The van der Waals surface area contributed by atoms with Crippen LogP contribution in [0.5, 0.6) is 5.75 Å². The van der Waals surface area contributed by atoms with Crippen LogP contribution in [0.3, 0.4) is 0 Å². The number of benzene rings is 1. The van der Waals surface area contributed by atoms with Crippen LogP contribution in [0.2, 0.25) is 0 Å². The first kappa shape index (κ1) is 16.3. The Morgan fingerprint density at radius 1 is 1.36 bits per heavy atom. The average molecular weight is 303 g/mol. The van der Waals surface area contributed by atoms with Gasteiger partial charge in [0.25, 0.3) is 0 Å². The van der Waals surface area contributed by atoms with Gasteiger partial charge in [0.15, 0.2) is 0 Å². The van der Waals surface area contributed by atoms with Gasteiger partial charge in [-0.25, -0.2) is 5.48 Å². The van der Waals surface area contributed by atoms with Crippen molar-refractivity contribution >= 4 is 5.91 Å². The third kappa shape index (κ3) is 4.44. The number of methoxy groups -OCH3 is 1. The molecule has 1 aliphatic carbocycles. The minimum atomic E-state index is -0.451. The first-order chi connectivity index (χ1) is 10.7. The van der Waals surface area contributed by atoms with Crippen molar-refractivity contribution in [2.24, 2.45) is 5.92 Å². The predicted octanol–water partition coefficient (Wildman–Crippen LogP) is 2.78. The van der Waals surface area contributed by atoms with E-state index in [2.05, 4.69) is 12.2 Å². The minimum absolute atomic E-state index is 0.120. The summed E-state index contributed by atoms with van der Waals surface area (Å²) in [5, 5.41) is 8.53. The number of carbonyl (C=O) groups is 1. The monoisotopic (exact) mass is 303 g/mol. The van der Waals surface area contributed by atoms with Gasteiger partial charge in [-0.2, -0.15) is 0 Å². The van der Waals surface area contributed by atoms with Crippen LogP contribution in [0.4, 0.5) is 0 Å². The third-order valence-corrected chi connectivity index (χ3v) is 3.60. The Morgan fingerprint density at radius 3 is 2.73 bits per heavy atom. The molecule has 0 aromatic heterocycles. The van der Waals surface area contributed by atoms with Gasteiger partial charge in [0.1, 0.15) is 5.75 Å². The molecule has 1 amide bonds. The SMILES string of the molecule is COc1ccc(C(OCCC(=O)NO)C2C=CC=CC2)cc1. The van der Waals surface area contributed by atoms with Crippen molar-refractivity contribution in [3.63, 3.8) is 0 Å². The molecule has 2 rings (SSSR count). The van der Waals surface area contributed by atoms with Gasteiger partial charge in [-0.1, -0.05) is 36.4 Å². The average Bonchev–Trinajstić information content (AvgIpc) is 2.59. The molecule has 2 N–H and O–H groups in total. The van der Waals surface area contributed by atoms with Crippen LogP contribution < -0.4 is 10.2 Å². The standard InChI is InChI=1S/C17H21NO4/c1-21-15-9-7-14(8-10-15)17(13-5-3-2-4-6-13)22-12-11-16(19)18-20/h2-5,7-10,13,17,20H,6,11-12H2,1H3,(H,18,19). The van der Waals surface area contributed by atoms with Crippen LogP contribution >= 0.6 is 0 Å². The molecule has 0 radical (unpaired) electrons. The van der Waals surface area contributed by atoms with Crippen LogP contribution in [0.25, 0.3) is 0 Å². The Bertz CT molecular complexity index is 536. The number of hydrogen-bond donors (Lipinski definition) is 2. The van der Waals surface area contributed by atoms with Crippen LogP contribution in [0, 0.1) is 5.92 Å². The molecule has 1 aromatic rings. The highest BCUT2D eigenvalue weighted by Crippen LogP contribution is 2.32. The molecular formula is C17H21NO4. The van der Waals surface area contributed by atoms with Crippen molar-refractivity contribution in [1.82, 2.24) is 5.48 Å². The molecule has 2 atom stereocenters. The van der Waals surface area contributed by atoms with Crippen molar-refractivity contribution in [3.8, 4) is 5.75 Å². The number of allylic oxidation sites excluding steroid dienone is 3. The second-order valence-electron chi connectivity index (χ2n) is 5.06. The molecule has 5 nitrogen and oxygen atoms in total. The molecule has 1 aromatic carbocycles. The smallest absolute Gasteiger partial charge is 0.245 e. The highest BCUT2D eigenvalue weighted by molar-refractivity contribution is 5.74. The van der Waals surface area contributed by atoms with Gasteiger partial charge in [0, 0.05) is 5.92 Å². The van der Waals surface area contributed by atoms with Crippen LogP contribution in [0.15, 0.2) is 48.6 Å². The maximum Gasteiger partial charge on any atom is 0.245 e. The summed E-state index contributed by atoms with van der Waals surface area (Å²) in [6.45, 7) is 0.247. The van der Waals surface area contributed by atoms with Crippen LogP contribution in [-0.4, -0.2) is 24.8 Å². The minimum Gasteiger partial charge on any atom is -0.497 e. The zero-order chi connectivity index (χ0) is 15.8. The lowest BCUT2D eigenvalue weighted by molar-refractivity contribution is -0.131. The molecule has 5 heteroatoms. The molecule has 2 unspecified atom stereocenters. The Labute approximate surface area is 130 Å².